The molecule has 0 aromatic carbocycles. The van der Waals surface area contributed by atoms with E-state index in [9.17, 15) is 4.79 Å². The molecular formula is C8H16N2O2. The largest absolute Gasteiger partial charge is 0.452 e. The zero-order valence-corrected chi connectivity index (χ0v) is 7.43. The van der Waals surface area contributed by atoms with Gasteiger partial charge in [0.25, 0.3) is 0 Å². The van der Waals surface area contributed by atoms with E-state index in [2.05, 4.69) is 15.6 Å². The summed E-state index contributed by atoms with van der Waals surface area (Å²) in [5.41, 5.74) is 5.44. The van der Waals surface area contributed by atoms with Gasteiger partial charge >= 0.3 is 6.09 Å². The standard InChI is InChI=1S/C8H16N2O2/c1-12-8(11)10-9-7-5-3-2-4-6-7/h7,9H,2-6H2,1H3,(H,10,11). The van der Waals surface area contributed by atoms with Gasteiger partial charge in [-0.25, -0.2) is 10.2 Å². The first-order valence-electron chi connectivity index (χ1n) is 4.42. The van der Waals surface area contributed by atoms with Crippen molar-refractivity contribution in [2.24, 2.45) is 0 Å². The van der Waals surface area contributed by atoms with E-state index in [1.807, 2.05) is 0 Å². The highest BCUT2D eigenvalue weighted by Crippen LogP contribution is 2.16. The van der Waals surface area contributed by atoms with Gasteiger partial charge in [0.15, 0.2) is 0 Å². The normalized spacial score (nSPS) is 18.8. The Kier molecular flexibility index (Phi) is 3.87. The highest BCUT2D eigenvalue weighted by molar-refractivity contribution is 5.66. The second kappa shape index (κ2) is 4.98. The first-order valence-corrected chi connectivity index (χ1v) is 4.42. The van der Waals surface area contributed by atoms with Crippen molar-refractivity contribution in [2.45, 2.75) is 38.1 Å². The van der Waals surface area contributed by atoms with Crippen LogP contribution in [0.4, 0.5) is 4.79 Å². The van der Waals surface area contributed by atoms with Crippen LogP contribution >= 0.6 is 0 Å². The monoisotopic (exact) mass is 172 g/mol. The number of ether oxygens (including phenoxy) is 1. The summed E-state index contributed by atoms with van der Waals surface area (Å²) in [7, 11) is 1.36. The minimum absolute atomic E-state index is 0.416. The van der Waals surface area contributed by atoms with Crippen LogP contribution in [0.2, 0.25) is 0 Å². The SMILES string of the molecule is COC(=O)NNC1CCCCC1. The molecule has 70 valence electrons. The molecule has 0 aromatic heterocycles. The van der Waals surface area contributed by atoms with Crippen molar-refractivity contribution in [3.8, 4) is 0 Å². The summed E-state index contributed by atoms with van der Waals surface area (Å²) in [5, 5.41) is 0. The number of amides is 1. The Bertz CT molecular complexity index is 144. The maximum atomic E-state index is 10.7. The van der Waals surface area contributed by atoms with Crippen molar-refractivity contribution in [1.82, 2.24) is 10.9 Å². The van der Waals surface area contributed by atoms with Crippen LogP contribution in [0.3, 0.4) is 0 Å². The second-order valence-electron chi connectivity index (χ2n) is 3.10. The number of hydrogen-bond donors (Lipinski definition) is 2. The molecule has 1 saturated carbocycles. The van der Waals surface area contributed by atoms with Gasteiger partial charge in [-0.15, -0.1) is 0 Å². The van der Waals surface area contributed by atoms with E-state index in [0.717, 1.165) is 12.8 Å². The van der Waals surface area contributed by atoms with Crippen LogP contribution in [0, 0.1) is 0 Å². The first kappa shape index (κ1) is 9.32. The molecule has 0 unspecified atom stereocenters. The van der Waals surface area contributed by atoms with Crippen LogP contribution < -0.4 is 10.9 Å². The molecule has 0 saturated heterocycles. The van der Waals surface area contributed by atoms with E-state index >= 15 is 0 Å². The van der Waals surface area contributed by atoms with E-state index < -0.39 is 6.09 Å². The molecule has 0 aromatic rings. The van der Waals surface area contributed by atoms with Gasteiger partial charge in [0, 0.05) is 6.04 Å². The molecule has 0 atom stereocenters. The molecule has 1 aliphatic carbocycles. The minimum atomic E-state index is -0.416. The lowest BCUT2D eigenvalue weighted by molar-refractivity contribution is 0.161. The van der Waals surface area contributed by atoms with Crippen molar-refractivity contribution in [3.05, 3.63) is 0 Å². The van der Waals surface area contributed by atoms with Gasteiger partial charge in [-0.2, -0.15) is 0 Å². The molecule has 0 aliphatic heterocycles. The molecule has 1 fully saturated rings. The number of methoxy groups -OCH3 is 1. The Balaban J connectivity index is 2.09. The van der Waals surface area contributed by atoms with Crippen molar-refractivity contribution in [3.63, 3.8) is 0 Å². The van der Waals surface area contributed by atoms with Crippen LogP contribution in [-0.4, -0.2) is 19.2 Å². The molecule has 12 heavy (non-hydrogen) atoms. The van der Waals surface area contributed by atoms with Gasteiger partial charge in [-0.05, 0) is 12.8 Å². The van der Waals surface area contributed by atoms with Gasteiger partial charge in [0.05, 0.1) is 7.11 Å². The van der Waals surface area contributed by atoms with Crippen LogP contribution in [0.5, 0.6) is 0 Å². The predicted molar refractivity (Wildman–Crippen MR) is 45.5 cm³/mol. The summed E-state index contributed by atoms with van der Waals surface area (Å²) in [4.78, 5) is 10.7. The molecule has 1 amide bonds. The molecule has 1 aliphatic rings. The van der Waals surface area contributed by atoms with E-state index in [1.54, 1.807) is 0 Å². The summed E-state index contributed by atoms with van der Waals surface area (Å²) in [6, 6.07) is 0.429. The number of hydrogen-bond acceptors (Lipinski definition) is 3. The molecule has 0 bridgehead atoms. The number of nitrogens with one attached hydrogen (secondary N) is 2. The molecule has 0 heterocycles. The van der Waals surface area contributed by atoms with Gasteiger partial charge < -0.3 is 4.74 Å². The highest BCUT2D eigenvalue weighted by atomic mass is 16.5. The lowest BCUT2D eigenvalue weighted by Gasteiger charge is -2.22. The van der Waals surface area contributed by atoms with E-state index in [1.165, 1.54) is 26.4 Å². The summed E-state index contributed by atoms with van der Waals surface area (Å²) in [5.74, 6) is 0. The molecule has 0 spiro atoms. The third-order valence-corrected chi connectivity index (χ3v) is 2.17. The van der Waals surface area contributed by atoms with Crippen molar-refractivity contribution in [2.75, 3.05) is 7.11 Å². The lowest BCUT2D eigenvalue weighted by Crippen LogP contribution is -2.44. The van der Waals surface area contributed by atoms with Crippen molar-refractivity contribution >= 4 is 6.09 Å². The van der Waals surface area contributed by atoms with Gasteiger partial charge in [-0.3, -0.25) is 5.43 Å². The Morgan fingerprint density at radius 1 is 1.33 bits per heavy atom. The Morgan fingerprint density at radius 2 is 2.00 bits per heavy atom. The maximum Gasteiger partial charge on any atom is 0.421 e. The number of rotatable bonds is 2. The molecule has 4 heteroatoms. The first-order chi connectivity index (χ1) is 5.83. The summed E-state index contributed by atoms with van der Waals surface area (Å²) in [6.07, 6.45) is 5.69. The summed E-state index contributed by atoms with van der Waals surface area (Å²) >= 11 is 0. The Hall–Kier alpha value is -0.770. The summed E-state index contributed by atoms with van der Waals surface area (Å²) in [6.45, 7) is 0. The van der Waals surface area contributed by atoms with Crippen LogP contribution in [0.1, 0.15) is 32.1 Å². The Morgan fingerprint density at radius 3 is 2.58 bits per heavy atom. The van der Waals surface area contributed by atoms with Gasteiger partial charge in [0.2, 0.25) is 0 Å². The summed E-state index contributed by atoms with van der Waals surface area (Å²) < 4.78 is 4.43. The second-order valence-corrected chi connectivity index (χ2v) is 3.10. The minimum Gasteiger partial charge on any atom is -0.452 e. The van der Waals surface area contributed by atoms with Crippen LogP contribution in [0.15, 0.2) is 0 Å². The van der Waals surface area contributed by atoms with Crippen molar-refractivity contribution < 1.29 is 9.53 Å². The van der Waals surface area contributed by atoms with Gasteiger partial charge in [0.1, 0.15) is 0 Å². The molecule has 2 N–H and O–H groups in total. The molecular weight excluding hydrogens is 156 g/mol. The number of hydrazine groups is 1. The van der Waals surface area contributed by atoms with Crippen LogP contribution in [-0.2, 0) is 4.74 Å². The Labute approximate surface area is 72.6 Å². The highest BCUT2D eigenvalue weighted by Gasteiger charge is 2.13. The number of carbonyl (C=O) groups is 1. The molecule has 0 radical (unpaired) electrons. The molecule has 4 nitrogen and oxygen atoms in total. The fourth-order valence-electron chi connectivity index (χ4n) is 1.46. The predicted octanol–water partition coefficient (Wildman–Crippen LogP) is 1.18. The fourth-order valence-corrected chi connectivity index (χ4v) is 1.46. The van der Waals surface area contributed by atoms with E-state index in [-0.39, 0.29) is 0 Å². The average Bonchev–Trinajstić information content (AvgIpc) is 2.16. The third-order valence-electron chi connectivity index (χ3n) is 2.17. The number of carbonyl (C=O) groups excluding carboxylic acids is 1. The van der Waals surface area contributed by atoms with Crippen LogP contribution in [0.25, 0.3) is 0 Å². The lowest BCUT2D eigenvalue weighted by atomic mass is 9.96. The molecule has 1 rings (SSSR count). The quantitative estimate of drug-likeness (QED) is 0.615. The topological polar surface area (TPSA) is 50.4 Å². The fraction of sp³-hybridized carbons (Fsp3) is 0.875. The average molecular weight is 172 g/mol. The zero-order chi connectivity index (χ0) is 8.81. The smallest absolute Gasteiger partial charge is 0.421 e. The van der Waals surface area contributed by atoms with Gasteiger partial charge in [-0.1, -0.05) is 19.3 Å². The maximum absolute atomic E-state index is 10.7. The van der Waals surface area contributed by atoms with E-state index in [4.69, 9.17) is 0 Å². The zero-order valence-electron chi connectivity index (χ0n) is 7.43. The van der Waals surface area contributed by atoms with E-state index in [0.29, 0.717) is 6.04 Å². The van der Waals surface area contributed by atoms with Crippen molar-refractivity contribution in [1.29, 1.82) is 0 Å². The third kappa shape index (κ3) is 3.09.